The molecule has 15 heavy (non-hydrogen) atoms. The maximum atomic E-state index is 14.2. The zero-order chi connectivity index (χ0) is 11.2. The second-order valence-corrected chi connectivity index (χ2v) is 4.36. The first-order valence-corrected chi connectivity index (χ1v) is 5.15. The van der Waals surface area contributed by atoms with Crippen LogP contribution in [0.3, 0.4) is 0 Å². The van der Waals surface area contributed by atoms with E-state index in [-0.39, 0.29) is 10.8 Å². The van der Waals surface area contributed by atoms with Crippen LogP contribution in [0, 0.1) is 5.82 Å². The van der Waals surface area contributed by atoms with Gasteiger partial charge in [-0.3, -0.25) is 0 Å². The molecule has 0 heterocycles. The lowest BCUT2D eigenvalue weighted by Gasteiger charge is -2.29. The lowest BCUT2D eigenvalue weighted by molar-refractivity contribution is 0.289. The molecule has 2 N–H and O–H groups in total. The smallest absolute Gasteiger partial charge is 0.182 e. The zero-order valence-corrected chi connectivity index (χ0v) is 9.13. The average molecular weight is 227 g/mol. The lowest BCUT2D eigenvalue weighted by atomic mass is 9.79. The minimum atomic E-state index is -1.84. The highest BCUT2D eigenvalue weighted by atomic mass is 32.1. The monoisotopic (exact) mass is 227 g/mol. The van der Waals surface area contributed by atoms with Gasteiger partial charge < -0.3 is 5.73 Å². The summed E-state index contributed by atoms with van der Waals surface area (Å²) < 4.78 is 27.4. The van der Waals surface area contributed by atoms with Crippen molar-refractivity contribution in [3.8, 4) is 0 Å². The van der Waals surface area contributed by atoms with Gasteiger partial charge >= 0.3 is 0 Å². The Morgan fingerprint density at radius 2 is 2.00 bits per heavy atom. The van der Waals surface area contributed by atoms with Crippen molar-refractivity contribution in [2.45, 2.75) is 25.4 Å². The Bertz CT molecular complexity index is 440. The predicted octanol–water partition coefficient (Wildman–Crippen LogP) is 2.40. The molecule has 0 fully saturated rings. The molecule has 1 aliphatic carbocycles. The number of benzene rings is 1. The van der Waals surface area contributed by atoms with Crippen LogP contribution in [0.25, 0.3) is 0 Å². The number of alkyl halides is 1. The number of rotatable bonds is 2. The SMILES string of the molecule is CC(F)(C(N)=S)c1ccc(F)c2c1CC2. The fraction of sp³-hybridized carbons (Fsp3) is 0.364. The van der Waals surface area contributed by atoms with Crippen LogP contribution in [0.2, 0.25) is 0 Å². The van der Waals surface area contributed by atoms with Gasteiger partial charge in [0.15, 0.2) is 5.67 Å². The Balaban J connectivity index is 2.56. The van der Waals surface area contributed by atoms with Crippen molar-refractivity contribution in [2.75, 3.05) is 0 Å². The van der Waals surface area contributed by atoms with Crippen LogP contribution in [-0.4, -0.2) is 4.99 Å². The molecule has 80 valence electrons. The molecule has 1 aliphatic rings. The molecule has 1 aromatic rings. The third-order valence-electron chi connectivity index (χ3n) is 2.97. The van der Waals surface area contributed by atoms with Gasteiger partial charge in [0.2, 0.25) is 0 Å². The van der Waals surface area contributed by atoms with Gasteiger partial charge in [0.05, 0.1) is 0 Å². The number of fused-ring (bicyclic) bond motifs is 1. The minimum absolute atomic E-state index is 0.205. The van der Waals surface area contributed by atoms with Crippen LogP contribution < -0.4 is 5.73 Å². The van der Waals surface area contributed by atoms with Crippen molar-refractivity contribution in [1.29, 1.82) is 0 Å². The summed E-state index contributed by atoms with van der Waals surface area (Å²) in [5, 5.41) is 0. The van der Waals surface area contributed by atoms with Crippen LogP contribution >= 0.6 is 12.2 Å². The van der Waals surface area contributed by atoms with Crippen LogP contribution in [0.15, 0.2) is 12.1 Å². The molecule has 1 aromatic carbocycles. The van der Waals surface area contributed by atoms with E-state index in [1.54, 1.807) is 0 Å². The molecule has 2 rings (SSSR count). The normalized spacial score (nSPS) is 17.5. The van der Waals surface area contributed by atoms with Crippen molar-refractivity contribution < 1.29 is 8.78 Å². The summed E-state index contributed by atoms with van der Waals surface area (Å²) in [6, 6.07) is 2.72. The Morgan fingerprint density at radius 3 is 2.47 bits per heavy atom. The standard InChI is InChI=1S/C11H11F2NS/c1-11(13,10(14)15)8-4-5-9(12)7-3-2-6(7)8/h4-5H,2-3H2,1H3,(H2,14,15). The highest BCUT2D eigenvalue weighted by Crippen LogP contribution is 2.37. The van der Waals surface area contributed by atoms with Crippen LogP contribution in [0.1, 0.15) is 23.6 Å². The Labute approximate surface area is 92.3 Å². The van der Waals surface area contributed by atoms with Gasteiger partial charge in [0.1, 0.15) is 10.8 Å². The molecule has 1 unspecified atom stereocenters. The first kappa shape index (κ1) is 10.5. The van der Waals surface area contributed by atoms with Crippen molar-refractivity contribution >= 4 is 17.2 Å². The molecule has 0 bridgehead atoms. The minimum Gasteiger partial charge on any atom is -0.390 e. The molecule has 0 amide bonds. The van der Waals surface area contributed by atoms with E-state index in [4.69, 9.17) is 5.73 Å². The van der Waals surface area contributed by atoms with E-state index in [0.717, 1.165) is 5.56 Å². The van der Waals surface area contributed by atoms with Crippen molar-refractivity contribution in [1.82, 2.24) is 0 Å². The largest absolute Gasteiger partial charge is 0.390 e. The molecule has 0 aromatic heterocycles. The highest BCUT2D eigenvalue weighted by molar-refractivity contribution is 7.80. The third-order valence-corrected chi connectivity index (χ3v) is 3.35. The van der Waals surface area contributed by atoms with Crippen molar-refractivity contribution in [3.63, 3.8) is 0 Å². The van der Waals surface area contributed by atoms with Gasteiger partial charge in [-0.1, -0.05) is 18.3 Å². The Kier molecular flexibility index (Phi) is 2.26. The van der Waals surface area contributed by atoms with Crippen LogP contribution in [-0.2, 0) is 18.5 Å². The Hall–Kier alpha value is -1.03. The second-order valence-electron chi connectivity index (χ2n) is 3.92. The van der Waals surface area contributed by atoms with Gasteiger partial charge in [0, 0.05) is 0 Å². The predicted molar refractivity (Wildman–Crippen MR) is 59.1 cm³/mol. The average Bonchev–Trinajstić information content (AvgIpc) is 2.07. The van der Waals surface area contributed by atoms with E-state index in [1.165, 1.54) is 19.1 Å². The van der Waals surface area contributed by atoms with Crippen LogP contribution in [0.5, 0.6) is 0 Å². The fourth-order valence-corrected chi connectivity index (χ4v) is 1.98. The molecule has 0 radical (unpaired) electrons. The summed E-state index contributed by atoms with van der Waals surface area (Å²) in [6.07, 6.45) is 1.37. The summed E-state index contributed by atoms with van der Waals surface area (Å²) in [6.45, 7) is 1.32. The van der Waals surface area contributed by atoms with Gasteiger partial charge in [-0.25, -0.2) is 8.78 Å². The van der Waals surface area contributed by atoms with E-state index in [0.29, 0.717) is 24.0 Å². The zero-order valence-electron chi connectivity index (χ0n) is 8.31. The van der Waals surface area contributed by atoms with E-state index in [1.807, 2.05) is 0 Å². The molecule has 4 heteroatoms. The number of halogens is 2. The first-order valence-electron chi connectivity index (χ1n) is 4.74. The molecule has 0 saturated heterocycles. The summed E-state index contributed by atoms with van der Waals surface area (Å²) in [7, 11) is 0. The summed E-state index contributed by atoms with van der Waals surface area (Å²) in [4.78, 5) is -0.205. The highest BCUT2D eigenvalue weighted by Gasteiger charge is 2.35. The molecular formula is C11H11F2NS. The summed E-state index contributed by atoms with van der Waals surface area (Å²) in [5.41, 5.74) is 5.25. The second kappa shape index (κ2) is 3.23. The fourth-order valence-electron chi connectivity index (χ4n) is 1.87. The molecular weight excluding hydrogens is 216 g/mol. The van der Waals surface area contributed by atoms with E-state index < -0.39 is 5.67 Å². The molecule has 0 spiro atoms. The number of nitrogens with two attached hydrogens (primary N) is 1. The molecule has 0 saturated carbocycles. The molecule has 1 nitrogen and oxygen atoms in total. The van der Waals surface area contributed by atoms with Crippen LogP contribution in [0.4, 0.5) is 8.78 Å². The number of thiocarbonyl (C=S) groups is 1. The maximum absolute atomic E-state index is 14.2. The van der Waals surface area contributed by atoms with Crippen molar-refractivity contribution in [2.24, 2.45) is 5.73 Å². The first-order chi connectivity index (χ1) is 6.94. The van der Waals surface area contributed by atoms with E-state index in [9.17, 15) is 8.78 Å². The Morgan fingerprint density at radius 1 is 1.40 bits per heavy atom. The van der Waals surface area contributed by atoms with E-state index in [2.05, 4.69) is 12.2 Å². The third kappa shape index (κ3) is 1.44. The van der Waals surface area contributed by atoms with Gasteiger partial charge in [-0.05, 0) is 42.5 Å². The van der Waals surface area contributed by atoms with Crippen molar-refractivity contribution in [3.05, 3.63) is 34.6 Å². The number of hydrogen-bond donors (Lipinski definition) is 1. The quantitative estimate of drug-likeness (QED) is 0.785. The number of hydrogen-bond acceptors (Lipinski definition) is 1. The molecule has 1 atom stereocenters. The summed E-state index contributed by atoms with van der Waals surface area (Å²) >= 11 is 4.68. The maximum Gasteiger partial charge on any atom is 0.182 e. The van der Waals surface area contributed by atoms with E-state index >= 15 is 0 Å². The van der Waals surface area contributed by atoms with Gasteiger partial charge in [-0.2, -0.15) is 0 Å². The topological polar surface area (TPSA) is 26.0 Å². The summed E-state index contributed by atoms with van der Waals surface area (Å²) in [5.74, 6) is -0.265. The van der Waals surface area contributed by atoms with Gasteiger partial charge in [0.25, 0.3) is 0 Å². The van der Waals surface area contributed by atoms with Gasteiger partial charge in [-0.15, -0.1) is 0 Å². The lowest BCUT2D eigenvalue weighted by Crippen LogP contribution is -2.35. The molecule has 0 aliphatic heterocycles.